The standard InChI is InChI=1S/C21H17N3O2S3/c1-2-9-24-20(26)17-15(16-4-3-10-27-16)12-28-19(17)23-21(24)29-11-13-5-7-14(8-6-13)18(22)25/h2-8,10,12H,1,9,11H2,(H2,22,25). The number of benzene rings is 1. The van der Waals surface area contributed by atoms with E-state index in [1.807, 2.05) is 35.0 Å². The van der Waals surface area contributed by atoms with E-state index in [1.54, 1.807) is 34.1 Å². The lowest BCUT2D eigenvalue weighted by Gasteiger charge is -2.10. The lowest BCUT2D eigenvalue weighted by atomic mass is 10.1. The molecule has 0 saturated carbocycles. The zero-order valence-electron chi connectivity index (χ0n) is 15.3. The van der Waals surface area contributed by atoms with Gasteiger partial charge in [-0.3, -0.25) is 14.2 Å². The van der Waals surface area contributed by atoms with Crippen LogP contribution in [0, 0.1) is 0 Å². The number of fused-ring (bicyclic) bond motifs is 1. The van der Waals surface area contributed by atoms with Crippen LogP contribution >= 0.6 is 34.4 Å². The van der Waals surface area contributed by atoms with Gasteiger partial charge in [-0.1, -0.05) is 36.0 Å². The molecule has 0 bridgehead atoms. The summed E-state index contributed by atoms with van der Waals surface area (Å²) in [5.41, 5.74) is 7.67. The third kappa shape index (κ3) is 3.91. The third-order valence-corrected chi connectivity index (χ3v) is 7.19. The first-order valence-corrected chi connectivity index (χ1v) is 11.5. The number of nitrogens with two attached hydrogens (primary N) is 1. The van der Waals surface area contributed by atoms with Gasteiger partial charge in [-0.2, -0.15) is 0 Å². The zero-order valence-corrected chi connectivity index (χ0v) is 17.8. The van der Waals surface area contributed by atoms with E-state index >= 15 is 0 Å². The van der Waals surface area contributed by atoms with E-state index in [2.05, 4.69) is 6.58 Å². The fourth-order valence-corrected chi connectivity index (χ4v) is 5.70. The van der Waals surface area contributed by atoms with Gasteiger partial charge in [0.1, 0.15) is 4.83 Å². The molecule has 146 valence electrons. The number of nitrogens with zero attached hydrogens (tertiary/aromatic N) is 2. The number of carbonyl (C=O) groups excluding carboxylic acids is 1. The van der Waals surface area contributed by atoms with Gasteiger partial charge < -0.3 is 5.73 Å². The van der Waals surface area contributed by atoms with E-state index in [-0.39, 0.29) is 5.56 Å². The Morgan fingerprint density at radius 1 is 1.24 bits per heavy atom. The molecule has 2 N–H and O–H groups in total. The molecule has 0 saturated heterocycles. The van der Waals surface area contributed by atoms with Crippen molar-refractivity contribution in [3.63, 3.8) is 0 Å². The van der Waals surface area contributed by atoms with E-state index in [9.17, 15) is 9.59 Å². The molecular formula is C21H17N3O2S3. The summed E-state index contributed by atoms with van der Waals surface area (Å²) in [6.45, 7) is 4.18. The van der Waals surface area contributed by atoms with Crippen LogP contribution in [0.2, 0.25) is 0 Å². The van der Waals surface area contributed by atoms with Gasteiger partial charge in [0, 0.05) is 33.7 Å². The Bertz CT molecular complexity index is 1240. The Kier molecular flexibility index (Phi) is 5.66. The van der Waals surface area contributed by atoms with Crippen LogP contribution in [0.5, 0.6) is 0 Å². The molecule has 0 radical (unpaired) electrons. The molecule has 3 aromatic heterocycles. The van der Waals surface area contributed by atoms with Gasteiger partial charge in [0.2, 0.25) is 5.91 Å². The highest BCUT2D eigenvalue weighted by Gasteiger charge is 2.17. The SMILES string of the molecule is C=CCn1c(SCc2ccc(C(N)=O)cc2)nc2scc(-c3cccs3)c2c1=O. The molecule has 0 aliphatic rings. The molecule has 0 atom stereocenters. The monoisotopic (exact) mass is 439 g/mol. The number of thioether (sulfide) groups is 1. The summed E-state index contributed by atoms with van der Waals surface area (Å²) in [5, 5.41) is 5.32. The van der Waals surface area contributed by atoms with E-state index in [0.29, 0.717) is 28.4 Å². The van der Waals surface area contributed by atoms with Crippen molar-refractivity contribution in [3.8, 4) is 10.4 Å². The van der Waals surface area contributed by atoms with Crippen molar-refractivity contribution < 1.29 is 4.79 Å². The van der Waals surface area contributed by atoms with Gasteiger partial charge in [0.25, 0.3) is 5.56 Å². The maximum Gasteiger partial charge on any atom is 0.263 e. The molecule has 3 heterocycles. The number of primary amides is 1. The molecule has 1 amide bonds. The largest absolute Gasteiger partial charge is 0.366 e. The molecular weight excluding hydrogens is 422 g/mol. The Morgan fingerprint density at radius 3 is 2.69 bits per heavy atom. The molecule has 1 aromatic carbocycles. The van der Waals surface area contributed by atoms with Crippen LogP contribution in [0.15, 0.2) is 69.8 Å². The Hall–Kier alpha value is -2.68. The minimum Gasteiger partial charge on any atom is -0.366 e. The molecule has 4 aromatic rings. The lowest BCUT2D eigenvalue weighted by molar-refractivity contribution is 0.100. The van der Waals surface area contributed by atoms with Crippen molar-refractivity contribution >= 4 is 50.6 Å². The number of amides is 1. The van der Waals surface area contributed by atoms with Gasteiger partial charge in [-0.05, 0) is 29.1 Å². The quantitative estimate of drug-likeness (QED) is 0.256. The first kappa shape index (κ1) is 19.6. The summed E-state index contributed by atoms with van der Waals surface area (Å²) in [7, 11) is 0. The van der Waals surface area contributed by atoms with E-state index in [0.717, 1.165) is 20.8 Å². The number of carbonyl (C=O) groups is 1. The fourth-order valence-electron chi connectivity index (χ4n) is 2.93. The average Bonchev–Trinajstić information content (AvgIpc) is 3.38. The number of hydrogen-bond donors (Lipinski definition) is 1. The normalized spacial score (nSPS) is 11.0. The lowest BCUT2D eigenvalue weighted by Crippen LogP contribution is -2.22. The van der Waals surface area contributed by atoms with Crippen LogP contribution in [0.1, 0.15) is 15.9 Å². The molecule has 0 fully saturated rings. The second-order valence-electron chi connectivity index (χ2n) is 6.26. The second-order valence-corrected chi connectivity index (χ2v) is 9.00. The summed E-state index contributed by atoms with van der Waals surface area (Å²) in [6, 6.07) is 11.1. The highest BCUT2D eigenvalue weighted by molar-refractivity contribution is 7.98. The molecule has 0 aliphatic heterocycles. The van der Waals surface area contributed by atoms with Crippen molar-refractivity contribution in [1.29, 1.82) is 0 Å². The maximum atomic E-state index is 13.3. The van der Waals surface area contributed by atoms with Crippen molar-refractivity contribution in [1.82, 2.24) is 9.55 Å². The third-order valence-electron chi connectivity index (χ3n) is 4.36. The molecule has 29 heavy (non-hydrogen) atoms. The number of rotatable bonds is 7. The fraction of sp³-hybridized carbons (Fsp3) is 0.0952. The smallest absolute Gasteiger partial charge is 0.263 e. The van der Waals surface area contributed by atoms with Gasteiger partial charge in [0.05, 0.1) is 5.39 Å². The average molecular weight is 440 g/mol. The number of thiophene rings is 2. The van der Waals surface area contributed by atoms with Crippen LogP contribution in [0.3, 0.4) is 0 Å². The van der Waals surface area contributed by atoms with Crippen molar-refractivity contribution in [3.05, 3.63) is 81.3 Å². The zero-order chi connectivity index (χ0) is 20.4. The Morgan fingerprint density at radius 2 is 2.03 bits per heavy atom. The topological polar surface area (TPSA) is 78.0 Å². The summed E-state index contributed by atoms with van der Waals surface area (Å²) in [4.78, 5) is 31.1. The predicted molar refractivity (Wildman–Crippen MR) is 122 cm³/mol. The van der Waals surface area contributed by atoms with E-state index in [1.165, 1.54) is 23.1 Å². The Balaban J connectivity index is 1.70. The molecule has 4 rings (SSSR count). The van der Waals surface area contributed by atoms with Gasteiger partial charge >= 0.3 is 0 Å². The number of allylic oxidation sites excluding steroid dienone is 1. The first-order valence-electron chi connectivity index (χ1n) is 8.77. The van der Waals surface area contributed by atoms with Crippen LogP contribution in [-0.2, 0) is 12.3 Å². The number of hydrogen-bond acceptors (Lipinski definition) is 6. The summed E-state index contributed by atoms with van der Waals surface area (Å²) < 4.78 is 1.67. The summed E-state index contributed by atoms with van der Waals surface area (Å²) in [6.07, 6.45) is 1.71. The molecule has 5 nitrogen and oxygen atoms in total. The van der Waals surface area contributed by atoms with Crippen LogP contribution in [-0.4, -0.2) is 15.5 Å². The highest BCUT2D eigenvalue weighted by Crippen LogP contribution is 2.35. The van der Waals surface area contributed by atoms with Crippen molar-refractivity contribution in [2.45, 2.75) is 17.5 Å². The van der Waals surface area contributed by atoms with Crippen LogP contribution in [0.4, 0.5) is 0 Å². The van der Waals surface area contributed by atoms with E-state index < -0.39 is 5.91 Å². The summed E-state index contributed by atoms with van der Waals surface area (Å²) >= 11 is 4.58. The number of aromatic nitrogens is 2. The molecule has 8 heteroatoms. The van der Waals surface area contributed by atoms with Gasteiger partial charge in [-0.25, -0.2) is 4.98 Å². The van der Waals surface area contributed by atoms with Crippen LogP contribution in [0.25, 0.3) is 20.7 Å². The molecule has 0 unspecified atom stereocenters. The predicted octanol–water partition coefficient (Wildman–Crippen LogP) is 4.76. The second kappa shape index (κ2) is 8.36. The minimum atomic E-state index is -0.449. The van der Waals surface area contributed by atoms with Crippen LogP contribution < -0.4 is 11.3 Å². The van der Waals surface area contributed by atoms with Gasteiger partial charge in [0.15, 0.2) is 5.16 Å². The minimum absolute atomic E-state index is 0.0499. The van der Waals surface area contributed by atoms with Crippen molar-refractivity contribution in [2.24, 2.45) is 5.73 Å². The van der Waals surface area contributed by atoms with Gasteiger partial charge in [-0.15, -0.1) is 29.3 Å². The summed E-state index contributed by atoms with van der Waals surface area (Å²) in [5.74, 6) is 0.174. The first-order chi connectivity index (χ1) is 14.1. The van der Waals surface area contributed by atoms with Crippen molar-refractivity contribution in [2.75, 3.05) is 0 Å². The molecule has 0 spiro atoms. The van der Waals surface area contributed by atoms with E-state index in [4.69, 9.17) is 10.7 Å². The molecule has 0 aliphatic carbocycles. The highest BCUT2D eigenvalue weighted by atomic mass is 32.2. The Labute approximate surface area is 179 Å². The maximum absolute atomic E-state index is 13.3.